The van der Waals surface area contributed by atoms with Crippen LogP contribution in [0.15, 0.2) is 6.07 Å². The van der Waals surface area contributed by atoms with E-state index in [9.17, 15) is 22.8 Å². The minimum Gasteiger partial charge on any atom is -0.342 e. The number of carbonyl (C=O) groups excluding carboxylic acids is 2. The van der Waals surface area contributed by atoms with Crippen LogP contribution in [0, 0.1) is 13.8 Å². The molecular formula is C17H21F3N6O2. The highest BCUT2D eigenvalue weighted by molar-refractivity contribution is 5.96. The van der Waals surface area contributed by atoms with E-state index in [0.717, 1.165) is 5.69 Å². The van der Waals surface area contributed by atoms with Crippen molar-refractivity contribution in [2.45, 2.75) is 38.8 Å². The summed E-state index contributed by atoms with van der Waals surface area (Å²) in [5, 5.41) is 15.2. The zero-order valence-electron chi connectivity index (χ0n) is 15.5. The maximum atomic E-state index is 12.7. The van der Waals surface area contributed by atoms with Crippen LogP contribution in [0.2, 0.25) is 0 Å². The molecule has 0 spiro atoms. The van der Waals surface area contributed by atoms with Crippen LogP contribution in [0.3, 0.4) is 0 Å². The van der Waals surface area contributed by atoms with Crippen molar-refractivity contribution in [1.29, 1.82) is 0 Å². The number of rotatable bonds is 4. The molecule has 3 heterocycles. The average molecular weight is 398 g/mol. The molecule has 2 aromatic heterocycles. The molecule has 0 aromatic carbocycles. The fourth-order valence-electron chi connectivity index (χ4n) is 3.35. The zero-order chi connectivity index (χ0) is 20.5. The molecule has 152 valence electrons. The number of nitrogens with zero attached hydrogens (tertiary/aromatic N) is 3. The van der Waals surface area contributed by atoms with Gasteiger partial charge in [0.1, 0.15) is 12.2 Å². The van der Waals surface area contributed by atoms with Crippen LogP contribution in [0.25, 0.3) is 0 Å². The number of halogens is 3. The van der Waals surface area contributed by atoms with Gasteiger partial charge in [-0.15, -0.1) is 0 Å². The van der Waals surface area contributed by atoms with Crippen molar-refractivity contribution >= 4 is 11.8 Å². The van der Waals surface area contributed by atoms with Crippen LogP contribution in [0.1, 0.15) is 56.7 Å². The molecule has 2 amide bonds. The first kappa shape index (κ1) is 19.9. The van der Waals surface area contributed by atoms with E-state index in [-0.39, 0.29) is 17.5 Å². The monoisotopic (exact) mass is 398 g/mol. The van der Waals surface area contributed by atoms with Crippen LogP contribution in [-0.2, 0) is 0 Å². The predicted octanol–water partition coefficient (Wildman–Crippen LogP) is 2.06. The van der Waals surface area contributed by atoms with Crippen molar-refractivity contribution in [3.63, 3.8) is 0 Å². The molecule has 3 rings (SSSR count). The smallest absolute Gasteiger partial charge is 0.342 e. The number of aromatic amines is 2. The van der Waals surface area contributed by atoms with Gasteiger partial charge >= 0.3 is 6.18 Å². The van der Waals surface area contributed by atoms with Gasteiger partial charge in [-0.1, -0.05) is 0 Å². The molecule has 0 aliphatic carbocycles. The number of aromatic nitrogens is 4. The largest absolute Gasteiger partial charge is 0.405 e. The number of carbonyl (C=O) groups is 2. The normalized spacial score (nSPS) is 15.7. The fourth-order valence-corrected chi connectivity index (χ4v) is 3.35. The van der Waals surface area contributed by atoms with Gasteiger partial charge in [0.25, 0.3) is 11.8 Å². The quantitative estimate of drug-likeness (QED) is 0.733. The molecule has 0 unspecified atom stereocenters. The maximum absolute atomic E-state index is 12.7. The predicted molar refractivity (Wildman–Crippen MR) is 92.9 cm³/mol. The lowest BCUT2D eigenvalue weighted by molar-refractivity contribution is -0.123. The Morgan fingerprint density at radius 1 is 1.21 bits per heavy atom. The lowest BCUT2D eigenvalue weighted by Gasteiger charge is -2.31. The number of nitrogens with one attached hydrogen (secondary N) is 3. The average Bonchev–Trinajstić information content (AvgIpc) is 3.26. The van der Waals surface area contributed by atoms with Crippen molar-refractivity contribution in [1.82, 2.24) is 30.6 Å². The van der Waals surface area contributed by atoms with Gasteiger partial charge in [-0.3, -0.25) is 19.8 Å². The Morgan fingerprint density at radius 3 is 2.46 bits per heavy atom. The topological polar surface area (TPSA) is 107 Å². The third kappa shape index (κ3) is 4.34. The third-order valence-corrected chi connectivity index (χ3v) is 4.84. The summed E-state index contributed by atoms with van der Waals surface area (Å²) in [6.45, 7) is 3.24. The Balaban J connectivity index is 1.58. The number of hydrogen-bond donors (Lipinski definition) is 3. The Labute approximate surface area is 158 Å². The molecule has 0 atom stereocenters. The van der Waals surface area contributed by atoms with E-state index in [1.54, 1.807) is 24.1 Å². The van der Waals surface area contributed by atoms with Crippen molar-refractivity contribution in [2.75, 3.05) is 19.6 Å². The van der Waals surface area contributed by atoms with Gasteiger partial charge in [0.05, 0.1) is 11.3 Å². The summed E-state index contributed by atoms with van der Waals surface area (Å²) in [6, 6.07) is 1.47. The molecule has 0 bridgehead atoms. The molecule has 0 saturated carbocycles. The minimum absolute atomic E-state index is 0.0484. The van der Waals surface area contributed by atoms with Crippen LogP contribution in [0.4, 0.5) is 13.2 Å². The van der Waals surface area contributed by atoms with E-state index < -0.39 is 18.6 Å². The number of H-pyrrole nitrogens is 2. The number of alkyl halides is 3. The third-order valence-electron chi connectivity index (χ3n) is 4.84. The van der Waals surface area contributed by atoms with Crippen molar-refractivity contribution in [3.05, 3.63) is 34.4 Å². The number of likely N-dealkylation sites (tertiary alicyclic amines) is 1. The fraction of sp³-hybridized carbons (Fsp3) is 0.529. The van der Waals surface area contributed by atoms with E-state index in [1.165, 1.54) is 6.07 Å². The summed E-state index contributed by atoms with van der Waals surface area (Å²) in [5.74, 6) is -0.898. The SMILES string of the molecule is Cc1n[nH]c(C)c1C(=O)N1CCC(c2cc(C(=O)NCC(F)(F)F)n[nH]2)CC1. The summed E-state index contributed by atoms with van der Waals surface area (Å²) >= 11 is 0. The Hall–Kier alpha value is -2.85. The summed E-state index contributed by atoms with van der Waals surface area (Å²) in [5.41, 5.74) is 2.58. The highest BCUT2D eigenvalue weighted by Crippen LogP contribution is 2.28. The molecule has 1 fully saturated rings. The van der Waals surface area contributed by atoms with E-state index in [0.29, 0.717) is 42.9 Å². The second-order valence-corrected chi connectivity index (χ2v) is 6.88. The van der Waals surface area contributed by atoms with E-state index in [1.807, 2.05) is 0 Å². The maximum Gasteiger partial charge on any atom is 0.405 e. The zero-order valence-corrected chi connectivity index (χ0v) is 15.5. The van der Waals surface area contributed by atoms with Gasteiger partial charge < -0.3 is 10.2 Å². The molecule has 8 nitrogen and oxygen atoms in total. The molecule has 3 N–H and O–H groups in total. The van der Waals surface area contributed by atoms with Gasteiger partial charge in [0.2, 0.25) is 0 Å². The van der Waals surface area contributed by atoms with E-state index >= 15 is 0 Å². The summed E-state index contributed by atoms with van der Waals surface area (Å²) in [4.78, 5) is 26.2. The second-order valence-electron chi connectivity index (χ2n) is 6.88. The van der Waals surface area contributed by atoms with Crippen LogP contribution < -0.4 is 5.32 Å². The Kier molecular flexibility index (Phi) is 5.43. The minimum atomic E-state index is -4.47. The van der Waals surface area contributed by atoms with Crippen molar-refractivity contribution < 1.29 is 22.8 Å². The van der Waals surface area contributed by atoms with Gasteiger partial charge in [0, 0.05) is 30.4 Å². The highest BCUT2D eigenvalue weighted by Gasteiger charge is 2.30. The summed E-state index contributed by atoms with van der Waals surface area (Å²) < 4.78 is 36.6. The number of hydrogen-bond acceptors (Lipinski definition) is 4. The first-order valence-corrected chi connectivity index (χ1v) is 8.87. The van der Waals surface area contributed by atoms with Gasteiger partial charge in [0.15, 0.2) is 0 Å². The first-order valence-electron chi connectivity index (χ1n) is 8.87. The van der Waals surface area contributed by atoms with Crippen LogP contribution in [0.5, 0.6) is 0 Å². The van der Waals surface area contributed by atoms with Gasteiger partial charge in [-0.25, -0.2) is 0 Å². The lowest BCUT2D eigenvalue weighted by Crippen LogP contribution is -2.38. The number of amides is 2. The van der Waals surface area contributed by atoms with Crippen LogP contribution >= 0.6 is 0 Å². The number of piperidine rings is 1. The number of aryl methyl sites for hydroxylation is 2. The second kappa shape index (κ2) is 7.64. The molecule has 1 aliphatic rings. The molecule has 28 heavy (non-hydrogen) atoms. The van der Waals surface area contributed by atoms with Gasteiger partial charge in [-0.2, -0.15) is 23.4 Å². The van der Waals surface area contributed by atoms with Crippen LogP contribution in [-0.4, -0.2) is 62.9 Å². The Bertz CT molecular complexity index is 845. The van der Waals surface area contributed by atoms with E-state index in [4.69, 9.17) is 0 Å². The summed E-state index contributed by atoms with van der Waals surface area (Å²) in [6.07, 6.45) is -3.15. The molecule has 11 heteroatoms. The van der Waals surface area contributed by atoms with Gasteiger partial charge in [-0.05, 0) is 32.8 Å². The van der Waals surface area contributed by atoms with E-state index in [2.05, 4.69) is 20.4 Å². The summed E-state index contributed by atoms with van der Waals surface area (Å²) in [7, 11) is 0. The molecule has 0 radical (unpaired) electrons. The molecular weight excluding hydrogens is 377 g/mol. The van der Waals surface area contributed by atoms with Crippen molar-refractivity contribution in [3.8, 4) is 0 Å². The Morgan fingerprint density at radius 2 is 1.89 bits per heavy atom. The first-order chi connectivity index (χ1) is 13.2. The lowest BCUT2D eigenvalue weighted by atomic mass is 9.93. The highest BCUT2D eigenvalue weighted by atomic mass is 19.4. The molecule has 1 saturated heterocycles. The molecule has 1 aliphatic heterocycles. The standard InChI is InChI=1S/C17H21F3N6O2/c1-9-14(10(2)23-22-9)16(28)26-5-3-11(4-6-26)12-7-13(25-24-12)15(27)21-8-17(18,19)20/h7,11H,3-6,8H2,1-2H3,(H,21,27)(H,22,23)(H,24,25). The van der Waals surface area contributed by atoms with Crippen molar-refractivity contribution in [2.24, 2.45) is 0 Å². The molecule has 2 aromatic rings.